The molecule has 0 atom stereocenters. The van der Waals surface area contributed by atoms with E-state index in [1.807, 2.05) is 6.07 Å². The van der Waals surface area contributed by atoms with Gasteiger partial charge in [0, 0.05) is 48.7 Å². The predicted octanol–water partition coefficient (Wildman–Crippen LogP) is 13.2. The fourth-order valence-electron chi connectivity index (χ4n) is 10.1. The van der Waals surface area contributed by atoms with Crippen LogP contribution >= 0.6 is 0 Å². The van der Waals surface area contributed by atoms with Gasteiger partial charge in [-0.05, 0) is 65.7 Å². The molecule has 0 N–H and O–H groups in total. The van der Waals surface area contributed by atoms with Crippen molar-refractivity contribution >= 4 is 98.4 Å². The van der Waals surface area contributed by atoms with Gasteiger partial charge in [-0.2, -0.15) is 0 Å². The molecule has 0 aliphatic carbocycles. The molecule has 0 saturated heterocycles. The first-order valence-electron chi connectivity index (χ1n) is 20.0. The molecular weight excluding hydrogens is 721 g/mol. The van der Waals surface area contributed by atoms with Crippen molar-refractivity contribution in [2.75, 3.05) is 0 Å². The Morgan fingerprint density at radius 2 is 0.881 bits per heavy atom. The molecule has 59 heavy (non-hydrogen) atoms. The molecule has 14 aromatic rings. The van der Waals surface area contributed by atoms with Crippen LogP contribution in [0.1, 0.15) is 0 Å². The Bertz CT molecular complexity index is 4080. The maximum absolute atomic E-state index is 5.52. The standard InChI is InChI=1S/C53H30N6/c1-2-13-31(14-3-1)49-48-38-17-6-10-23-44(38)58-47-24-11-7-20-41(47)54-52(58)50(48)56-53(55-49)59-43-22-9-5-16-35(43)39-29-32(26-28-46(39)59)33-25-27-45-40(30-33)37-19-12-18-36-34-15-4-8-21-42(34)57(45)51(36)37/h1-30H. The van der Waals surface area contributed by atoms with E-state index in [-0.39, 0.29) is 0 Å². The fourth-order valence-corrected chi connectivity index (χ4v) is 10.1. The third-order valence-electron chi connectivity index (χ3n) is 12.6. The van der Waals surface area contributed by atoms with Crippen molar-refractivity contribution in [2.24, 2.45) is 0 Å². The quantitative estimate of drug-likeness (QED) is 0.169. The Labute approximate surface area is 335 Å². The van der Waals surface area contributed by atoms with Crippen LogP contribution in [0.3, 0.4) is 0 Å². The Morgan fingerprint density at radius 3 is 1.66 bits per heavy atom. The summed E-state index contributed by atoms with van der Waals surface area (Å²) in [5, 5.41) is 9.52. The maximum atomic E-state index is 5.52. The SMILES string of the molecule is c1ccc(-c2nc(-n3c4ccccc4c4cc(-c5ccc6c(c5)c5cccc7c8ccccc8n6c75)ccc43)nc3c2c2ccccc2n2c4ccccc4nc32)cc1. The summed E-state index contributed by atoms with van der Waals surface area (Å²) in [6.07, 6.45) is 0. The number of hydrogen-bond acceptors (Lipinski definition) is 3. The van der Waals surface area contributed by atoms with Crippen LogP contribution in [0, 0.1) is 0 Å². The van der Waals surface area contributed by atoms with E-state index >= 15 is 0 Å². The molecule has 0 spiro atoms. The zero-order valence-corrected chi connectivity index (χ0v) is 31.5. The van der Waals surface area contributed by atoms with Crippen molar-refractivity contribution < 1.29 is 0 Å². The van der Waals surface area contributed by atoms with E-state index in [4.69, 9.17) is 15.0 Å². The summed E-state index contributed by atoms with van der Waals surface area (Å²) >= 11 is 0. The molecular formula is C53H30N6. The Kier molecular flexibility index (Phi) is 5.93. The van der Waals surface area contributed by atoms with Gasteiger partial charge < -0.3 is 4.40 Å². The van der Waals surface area contributed by atoms with Crippen molar-refractivity contribution in [3.8, 4) is 28.3 Å². The minimum Gasteiger partial charge on any atom is -0.308 e. The van der Waals surface area contributed by atoms with Crippen LogP contribution in [-0.4, -0.2) is 28.3 Å². The maximum Gasteiger partial charge on any atom is 0.235 e. The topological polar surface area (TPSA) is 52.4 Å². The molecule has 6 nitrogen and oxygen atoms in total. The van der Waals surface area contributed by atoms with E-state index in [2.05, 4.69) is 189 Å². The average molecular weight is 751 g/mol. The summed E-state index contributed by atoms with van der Waals surface area (Å²) in [4.78, 5) is 16.3. The lowest BCUT2D eigenvalue weighted by molar-refractivity contribution is 1.01. The third kappa shape index (κ3) is 4.06. The average Bonchev–Trinajstić information content (AvgIpc) is 4.05. The monoisotopic (exact) mass is 750 g/mol. The highest BCUT2D eigenvalue weighted by molar-refractivity contribution is 6.24. The van der Waals surface area contributed by atoms with Crippen LogP contribution in [0.5, 0.6) is 0 Å². The number of benzene rings is 8. The van der Waals surface area contributed by atoms with Gasteiger partial charge in [-0.25, -0.2) is 15.0 Å². The fraction of sp³-hybridized carbons (Fsp3) is 0. The number of para-hydroxylation sites is 6. The van der Waals surface area contributed by atoms with Crippen molar-refractivity contribution in [3.63, 3.8) is 0 Å². The zero-order valence-electron chi connectivity index (χ0n) is 31.5. The van der Waals surface area contributed by atoms with Gasteiger partial charge in [-0.1, -0.05) is 127 Å². The Hall–Kier alpha value is -8.09. The third-order valence-corrected chi connectivity index (χ3v) is 12.6. The Morgan fingerprint density at radius 1 is 0.339 bits per heavy atom. The van der Waals surface area contributed by atoms with Crippen molar-refractivity contribution in [1.29, 1.82) is 0 Å². The predicted molar refractivity (Wildman–Crippen MR) is 243 cm³/mol. The highest BCUT2D eigenvalue weighted by atomic mass is 15.2. The van der Waals surface area contributed by atoms with Gasteiger partial charge in [0.25, 0.3) is 0 Å². The first-order valence-corrected chi connectivity index (χ1v) is 20.0. The van der Waals surface area contributed by atoms with Gasteiger partial charge in [0.2, 0.25) is 5.95 Å². The number of hydrogen-bond donors (Lipinski definition) is 0. The second-order valence-corrected chi connectivity index (χ2v) is 15.6. The molecule has 0 amide bonds. The molecule has 0 unspecified atom stereocenters. The molecule has 0 saturated carbocycles. The van der Waals surface area contributed by atoms with Crippen LogP contribution in [0.4, 0.5) is 0 Å². The van der Waals surface area contributed by atoms with Crippen molar-refractivity contribution in [3.05, 3.63) is 182 Å². The normalized spacial score (nSPS) is 12.4. The first kappa shape index (κ1) is 31.0. The second kappa shape index (κ2) is 11.3. The highest BCUT2D eigenvalue weighted by Gasteiger charge is 2.23. The van der Waals surface area contributed by atoms with Crippen LogP contribution in [0.15, 0.2) is 182 Å². The molecule has 14 rings (SSSR count). The lowest BCUT2D eigenvalue weighted by Gasteiger charge is -2.15. The van der Waals surface area contributed by atoms with Crippen molar-refractivity contribution in [1.82, 2.24) is 28.3 Å². The molecule has 0 aliphatic heterocycles. The number of rotatable bonds is 3. The summed E-state index contributed by atoms with van der Waals surface area (Å²) in [5.74, 6) is 0.610. The molecule has 8 aromatic carbocycles. The molecule has 272 valence electrons. The minimum absolute atomic E-state index is 0.610. The van der Waals surface area contributed by atoms with E-state index in [0.29, 0.717) is 5.95 Å². The number of pyridine rings is 1. The van der Waals surface area contributed by atoms with E-state index in [9.17, 15) is 0 Å². The van der Waals surface area contributed by atoms with Crippen molar-refractivity contribution in [2.45, 2.75) is 0 Å². The molecule has 0 bridgehead atoms. The molecule has 6 heteroatoms. The van der Waals surface area contributed by atoms with E-state index in [1.54, 1.807) is 0 Å². The molecule has 0 fully saturated rings. The lowest BCUT2D eigenvalue weighted by atomic mass is 10.00. The number of imidazole rings is 1. The van der Waals surface area contributed by atoms with E-state index in [1.165, 1.54) is 49.2 Å². The highest BCUT2D eigenvalue weighted by Crippen LogP contribution is 2.42. The van der Waals surface area contributed by atoms with Gasteiger partial charge in [0.15, 0.2) is 5.65 Å². The van der Waals surface area contributed by atoms with Crippen LogP contribution in [-0.2, 0) is 0 Å². The summed E-state index contributed by atoms with van der Waals surface area (Å²) in [7, 11) is 0. The van der Waals surface area contributed by atoms with Crippen LogP contribution in [0.2, 0.25) is 0 Å². The van der Waals surface area contributed by atoms with Gasteiger partial charge in [-0.3, -0.25) is 8.97 Å². The molecule has 0 radical (unpaired) electrons. The van der Waals surface area contributed by atoms with E-state index in [0.717, 1.165) is 71.5 Å². The van der Waals surface area contributed by atoms with E-state index < -0.39 is 0 Å². The van der Waals surface area contributed by atoms with Crippen LogP contribution in [0.25, 0.3) is 127 Å². The first-order chi connectivity index (χ1) is 29.3. The van der Waals surface area contributed by atoms with Gasteiger partial charge in [-0.15, -0.1) is 0 Å². The van der Waals surface area contributed by atoms with Gasteiger partial charge >= 0.3 is 0 Å². The lowest BCUT2D eigenvalue weighted by Crippen LogP contribution is -2.05. The zero-order chi connectivity index (χ0) is 38.3. The number of nitrogens with zero attached hydrogens (tertiary/aromatic N) is 6. The van der Waals surface area contributed by atoms with Gasteiger partial charge in [0.1, 0.15) is 5.52 Å². The Balaban J connectivity index is 1.04. The molecule has 6 heterocycles. The molecule has 6 aromatic heterocycles. The summed E-state index contributed by atoms with van der Waals surface area (Å²) in [5.41, 5.74) is 14.8. The summed E-state index contributed by atoms with van der Waals surface area (Å²) in [6, 6.07) is 65.2. The largest absolute Gasteiger partial charge is 0.308 e. The smallest absolute Gasteiger partial charge is 0.235 e. The summed E-state index contributed by atoms with van der Waals surface area (Å²) in [6.45, 7) is 0. The number of fused-ring (bicyclic) bond motifs is 17. The number of aromatic nitrogens is 6. The minimum atomic E-state index is 0.610. The second-order valence-electron chi connectivity index (χ2n) is 15.6. The van der Waals surface area contributed by atoms with Crippen LogP contribution < -0.4 is 0 Å². The molecule has 0 aliphatic rings. The van der Waals surface area contributed by atoms with Gasteiger partial charge in [0.05, 0.1) is 49.8 Å². The summed E-state index contributed by atoms with van der Waals surface area (Å²) < 4.78 is 6.93.